The molecule has 1 heterocycles. The predicted molar refractivity (Wildman–Crippen MR) is 77.8 cm³/mol. The quantitative estimate of drug-likeness (QED) is 0.508. The summed E-state index contributed by atoms with van der Waals surface area (Å²) >= 11 is 2.12. The summed E-state index contributed by atoms with van der Waals surface area (Å²) in [7, 11) is 0. The van der Waals surface area contributed by atoms with Gasteiger partial charge in [-0.05, 0) is 47.4 Å². The zero-order chi connectivity index (χ0) is 13.0. The lowest BCUT2D eigenvalue weighted by Crippen LogP contribution is -2.22. The van der Waals surface area contributed by atoms with Crippen LogP contribution in [0, 0.1) is 19.6 Å². The minimum Gasteiger partial charge on any atom is -0.384 e. The van der Waals surface area contributed by atoms with E-state index in [2.05, 4.69) is 27.9 Å². The number of nitro groups is 1. The first-order valence-electron chi connectivity index (χ1n) is 5.92. The standard InChI is InChI=1S/C12H15IN2O3/c13-11-7-10(15(16)17)1-2-12(11)14-8-9-3-5-18-6-4-9/h1-2,7,9,14H,3-6,8H2. The van der Waals surface area contributed by atoms with E-state index in [9.17, 15) is 10.1 Å². The van der Waals surface area contributed by atoms with E-state index in [4.69, 9.17) is 4.74 Å². The summed E-state index contributed by atoms with van der Waals surface area (Å²) in [6.45, 7) is 2.57. The number of non-ortho nitro benzene ring substituents is 1. The minimum atomic E-state index is -0.371. The summed E-state index contributed by atoms with van der Waals surface area (Å²) in [6, 6.07) is 4.90. The number of anilines is 1. The highest BCUT2D eigenvalue weighted by molar-refractivity contribution is 14.1. The smallest absolute Gasteiger partial charge is 0.270 e. The number of hydrogen-bond acceptors (Lipinski definition) is 4. The van der Waals surface area contributed by atoms with Crippen molar-refractivity contribution >= 4 is 34.0 Å². The van der Waals surface area contributed by atoms with Crippen molar-refractivity contribution < 1.29 is 9.66 Å². The summed E-state index contributed by atoms with van der Waals surface area (Å²) < 4.78 is 6.20. The van der Waals surface area contributed by atoms with Gasteiger partial charge in [-0.15, -0.1) is 0 Å². The van der Waals surface area contributed by atoms with Crippen LogP contribution >= 0.6 is 22.6 Å². The van der Waals surface area contributed by atoms with E-state index in [1.165, 1.54) is 6.07 Å². The van der Waals surface area contributed by atoms with Crippen LogP contribution in [0.5, 0.6) is 0 Å². The van der Waals surface area contributed by atoms with Gasteiger partial charge in [-0.25, -0.2) is 0 Å². The van der Waals surface area contributed by atoms with Gasteiger partial charge in [0.25, 0.3) is 5.69 Å². The van der Waals surface area contributed by atoms with Crippen LogP contribution in [-0.2, 0) is 4.74 Å². The summed E-state index contributed by atoms with van der Waals surface area (Å²) in [6.07, 6.45) is 2.16. The van der Waals surface area contributed by atoms with Crippen LogP contribution in [0.4, 0.5) is 11.4 Å². The molecule has 18 heavy (non-hydrogen) atoms. The Morgan fingerprint density at radius 1 is 1.44 bits per heavy atom. The average molecular weight is 362 g/mol. The molecule has 1 N–H and O–H groups in total. The number of nitrogens with zero attached hydrogens (tertiary/aromatic N) is 1. The van der Waals surface area contributed by atoms with Gasteiger partial charge < -0.3 is 10.1 Å². The van der Waals surface area contributed by atoms with E-state index in [1.54, 1.807) is 12.1 Å². The van der Waals surface area contributed by atoms with Crippen molar-refractivity contribution in [1.29, 1.82) is 0 Å². The molecule has 0 amide bonds. The number of ether oxygens (including phenoxy) is 1. The molecule has 0 unspecified atom stereocenters. The minimum absolute atomic E-state index is 0.135. The van der Waals surface area contributed by atoms with Crippen molar-refractivity contribution in [1.82, 2.24) is 0 Å². The molecule has 0 atom stereocenters. The lowest BCUT2D eigenvalue weighted by Gasteiger charge is -2.22. The number of halogens is 1. The topological polar surface area (TPSA) is 64.4 Å². The van der Waals surface area contributed by atoms with Crippen LogP contribution in [0.2, 0.25) is 0 Å². The molecule has 1 fully saturated rings. The van der Waals surface area contributed by atoms with Crippen molar-refractivity contribution in [2.45, 2.75) is 12.8 Å². The molecule has 2 rings (SSSR count). The summed E-state index contributed by atoms with van der Waals surface area (Å²) in [5.74, 6) is 0.629. The van der Waals surface area contributed by atoms with Gasteiger partial charge in [0.2, 0.25) is 0 Å². The largest absolute Gasteiger partial charge is 0.384 e. The van der Waals surface area contributed by atoms with Gasteiger partial charge in [-0.3, -0.25) is 10.1 Å². The van der Waals surface area contributed by atoms with Gasteiger partial charge in [0.05, 0.1) is 4.92 Å². The highest BCUT2D eigenvalue weighted by atomic mass is 127. The third-order valence-corrected chi connectivity index (χ3v) is 3.98. The third kappa shape index (κ3) is 3.55. The molecule has 0 radical (unpaired) electrons. The maximum atomic E-state index is 10.6. The molecule has 0 spiro atoms. The first-order chi connectivity index (χ1) is 8.66. The second kappa shape index (κ2) is 6.33. The highest BCUT2D eigenvalue weighted by Gasteiger charge is 2.14. The van der Waals surface area contributed by atoms with Gasteiger partial charge in [0, 0.05) is 41.1 Å². The van der Waals surface area contributed by atoms with E-state index < -0.39 is 0 Å². The van der Waals surface area contributed by atoms with Crippen molar-refractivity contribution in [3.05, 3.63) is 31.9 Å². The Hall–Kier alpha value is -0.890. The SMILES string of the molecule is O=[N+]([O-])c1ccc(NCC2CCOCC2)c(I)c1. The second-order valence-corrected chi connectivity index (χ2v) is 5.52. The normalized spacial score (nSPS) is 16.5. The van der Waals surface area contributed by atoms with Crippen LogP contribution in [0.25, 0.3) is 0 Å². The van der Waals surface area contributed by atoms with Gasteiger partial charge >= 0.3 is 0 Å². The predicted octanol–water partition coefficient (Wildman–Crippen LogP) is 3.04. The van der Waals surface area contributed by atoms with Crippen molar-refractivity contribution in [2.75, 3.05) is 25.1 Å². The molecule has 0 saturated carbocycles. The van der Waals surface area contributed by atoms with Gasteiger partial charge in [0.15, 0.2) is 0 Å². The first kappa shape index (κ1) is 13.5. The molecule has 1 saturated heterocycles. The Morgan fingerprint density at radius 3 is 2.78 bits per heavy atom. The van der Waals surface area contributed by atoms with Crippen molar-refractivity contribution in [3.8, 4) is 0 Å². The first-order valence-corrected chi connectivity index (χ1v) is 7.00. The Balaban J connectivity index is 1.94. The van der Waals surface area contributed by atoms with Gasteiger partial charge in [-0.1, -0.05) is 0 Å². The molecule has 1 aliphatic heterocycles. The van der Waals surface area contributed by atoms with E-state index in [0.717, 1.165) is 41.9 Å². The Morgan fingerprint density at radius 2 is 2.17 bits per heavy atom. The van der Waals surface area contributed by atoms with E-state index in [1.807, 2.05) is 0 Å². The van der Waals surface area contributed by atoms with Gasteiger partial charge in [0.1, 0.15) is 0 Å². The van der Waals surface area contributed by atoms with Crippen LogP contribution in [0.3, 0.4) is 0 Å². The Kier molecular flexibility index (Phi) is 4.76. The second-order valence-electron chi connectivity index (χ2n) is 4.36. The number of nitro benzene ring substituents is 1. The van der Waals surface area contributed by atoms with Crippen LogP contribution in [0.15, 0.2) is 18.2 Å². The van der Waals surface area contributed by atoms with E-state index >= 15 is 0 Å². The van der Waals surface area contributed by atoms with E-state index in [-0.39, 0.29) is 10.6 Å². The average Bonchev–Trinajstić information content (AvgIpc) is 2.38. The number of benzene rings is 1. The molecule has 98 valence electrons. The van der Waals surface area contributed by atoms with Crippen molar-refractivity contribution in [2.24, 2.45) is 5.92 Å². The van der Waals surface area contributed by atoms with Gasteiger partial charge in [-0.2, -0.15) is 0 Å². The third-order valence-electron chi connectivity index (χ3n) is 3.09. The molecule has 0 aromatic heterocycles. The molecule has 5 nitrogen and oxygen atoms in total. The number of hydrogen-bond donors (Lipinski definition) is 1. The molecular weight excluding hydrogens is 347 g/mol. The molecule has 0 bridgehead atoms. The monoisotopic (exact) mass is 362 g/mol. The lowest BCUT2D eigenvalue weighted by molar-refractivity contribution is -0.384. The Labute approximate surface area is 119 Å². The Bertz CT molecular complexity index is 433. The fraction of sp³-hybridized carbons (Fsp3) is 0.500. The number of nitrogens with one attached hydrogen (secondary N) is 1. The number of rotatable bonds is 4. The molecule has 1 aromatic carbocycles. The van der Waals surface area contributed by atoms with Crippen molar-refractivity contribution in [3.63, 3.8) is 0 Å². The fourth-order valence-electron chi connectivity index (χ4n) is 1.97. The maximum absolute atomic E-state index is 10.6. The summed E-state index contributed by atoms with van der Waals surface area (Å²) in [5, 5.41) is 14.0. The van der Waals surface area contributed by atoms with Crippen LogP contribution < -0.4 is 5.32 Å². The highest BCUT2D eigenvalue weighted by Crippen LogP contribution is 2.24. The fourth-order valence-corrected chi connectivity index (χ4v) is 2.66. The van der Waals surface area contributed by atoms with E-state index in [0.29, 0.717) is 5.92 Å². The zero-order valence-corrected chi connectivity index (χ0v) is 12.1. The molecule has 6 heteroatoms. The maximum Gasteiger partial charge on any atom is 0.270 e. The molecule has 0 aliphatic carbocycles. The van der Waals surface area contributed by atoms with Crippen LogP contribution in [-0.4, -0.2) is 24.7 Å². The molecule has 1 aliphatic rings. The van der Waals surface area contributed by atoms with Crippen LogP contribution in [0.1, 0.15) is 12.8 Å². The zero-order valence-electron chi connectivity index (χ0n) is 9.89. The summed E-state index contributed by atoms with van der Waals surface area (Å²) in [4.78, 5) is 10.3. The molecular formula is C12H15IN2O3. The summed E-state index contributed by atoms with van der Waals surface area (Å²) in [5.41, 5.74) is 1.10. The molecule has 1 aromatic rings. The lowest BCUT2D eigenvalue weighted by atomic mass is 10.0.